The fraction of sp³-hybridized carbons (Fsp3) is 0. The molecule has 1 heterocycles. The zero-order valence-corrected chi connectivity index (χ0v) is 13.5. The minimum absolute atomic E-state index is 0.117. The van der Waals surface area contributed by atoms with E-state index < -0.39 is 0 Å². The van der Waals surface area contributed by atoms with Crippen molar-refractivity contribution in [3.05, 3.63) is 108 Å². The molecule has 25 heavy (non-hydrogen) atoms. The molecule has 0 bridgehead atoms. The number of hydrogen-bond donors (Lipinski definition) is 0. The van der Waals surface area contributed by atoms with Crippen LogP contribution in [0.1, 0.15) is 11.1 Å². The van der Waals surface area contributed by atoms with Crippen molar-refractivity contribution in [1.29, 1.82) is 0 Å². The molecule has 0 atom stereocenters. The predicted molar refractivity (Wildman–Crippen MR) is 101 cm³/mol. The lowest BCUT2D eigenvalue weighted by Gasteiger charge is -2.18. The van der Waals surface area contributed by atoms with Gasteiger partial charge in [-0.2, -0.15) is 0 Å². The lowest BCUT2D eigenvalue weighted by Crippen LogP contribution is -2.32. The Morgan fingerprint density at radius 3 is 1.92 bits per heavy atom. The molecule has 0 unspecified atom stereocenters. The third-order valence-corrected chi connectivity index (χ3v) is 4.01. The van der Waals surface area contributed by atoms with E-state index in [1.54, 1.807) is 4.90 Å². The van der Waals surface area contributed by atoms with Crippen LogP contribution in [0.3, 0.4) is 0 Å². The molecular formula is C22H16N2O. The topological polar surface area (TPSA) is 32.7 Å². The monoisotopic (exact) mass is 324 g/mol. The first-order chi connectivity index (χ1) is 12.3. The van der Waals surface area contributed by atoms with E-state index in [-0.39, 0.29) is 5.91 Å². The van der Waals surface area contributed by atoms with Gasteiger partial charge in [0.2, 0.25) is 0 Å². The molecule has 120 valence electrons. The highest BCUT2D eigenvalue weighted by molar-refractivity contribution is 6.33. The Kier molecular flexibility index (Phi) is 3.97. The van der Waals surface area contributed by atoms with Gasteiger partial charge in [0.15, 0.2) is 0 Å². The van der Waals surface area contributed by atoms with E-state index in [0.717, 1.165) is 16.8 Å². The zero-order chi connectivity index (χ0) is 17.1. The maximum Gasteiger partial charge on any atom is 0.282 e. The Labute approximate surface area is 146 Å². The molecule has 0 saturated carbocycles. The normalized spacial score (nSPS) is 15.5. The Bertz CT molecular complexity index is 945. The molecule has 0 aliphatic carbocycles. The van der Waals surface area contributed by atoms with Crippen LogP contribution in [0.15, 0.2) is 102 Å². The molecule has 1 amide bonds. The van der Waals surface area contributed by atoms with Crippen LogP contribution in [0, 0.1) is 0 Å². The first-order valence-corrected chi connectivity index (χ1v) is 8.13. The SMILES string of the molecule is O=C1C(=Cc2ccccc2)N=C(c2ccccc2)N1c1ccccc1. The first-order valence-electron chi connectivity index (χ1n) is 8.13. The Morgan fingerprint density at radius 1 is 0.720 bits per heavy atom. The van der Waals surface area contributed by atoms with Crippen LogP contribution < -0.4 is 4.90 Å². The van der Waals surface area contributed by atoms with Crippen LogP contribution in [0.4, 0.5) is 5.69 Å². The number of aliphatic imine (C=N–C) groups is 1. The van der Waals surface area contributed by atoms with Gasteiger partial charge in [0.1, 0.15) is 11.5 Å². The average molecular weight is 324 g/mol. The van der Waals surface area contributed by atoms with Gasteiger partial charge in [0.05, 0.1) is 5.69 Å². The Hall–Kier alpha value is -3.46. The highest BCUT2D eigenvalue weighted by Crippen LogP contribution is 2.27. The summed E-state index contributed by atoms with van der Waals surface area (Å²) in [7, 11) is 0. The highest BCUT2D eigenvalue weighted by Gasteiger charge is 2.32. The summed E-state index contributed by atoms with van der Waals surface area (Å²) in [5.74, 6) is 0.535. The van der Waals surface area contributed by atoms with Crippen molar-refractivity contribution < 1.29 is 4.79 Å². The van der Waals surface area contributed by atoms with E-state index in [1.807, 2.05) is 97.1 Å². The van der Waals surface area contributed by atoms with Gasteiger partial charge in [0.25, 0.3) is 5.91 Å². The van der Waals surface area contributed by atoms with Gasteiger partial charge in [-0.05, 0) is 23.8 Å². The second kappa shape index (κ2) is 6.57. The predicted octanol–water partition coefficient (Wildman–Crippen LogP) is 4.52. The molecule has 0 saturated heterocycles. The molecule has 1 aliphatic rings. The highest BCUT2D eigenvalue weighted by atomic mass is 16.2. The van der Waals surface area contributed by atoms with Crippen molar-refractivity contribution in [3.63, 3.8) is 0 Å². The smallest absolute Gasteiger partial charge is 0.266 e. The van der Waals surface area contributed by atoms with Crippen LogP contribution in [-0.2, 0) is 4.79 Å². The number of anilines is 1. The van der Waals surface area contributed by atoms with Crippen molar-refractivity contribution in [3.8, 4) is 0 Å². The number of amidine groups is 1. The summed E-state index contributed by atoms with van der Waals surface area (Å²) in [4.78, 5) is 19.4. The second-order valence-corrected chi connectivity index (χ2v) is 5.72. The summed E-state index contributed by atoms with van der Waals surface area (Å²) in [6.07, 6.45) is 1.83. The number of rotatable bonds is 3. The molecule has 3 aromatic carbocycles. The van der Waals surface area contributed by atoms with Gasteiger partial charge in [-0.25, -0.2) is 4.99 Å². The maximum absolute atomic E-state index is 13.0. The summed E-state index contributed by atoms with van der Waals surface area (Å²) in [5.41, 5.74) is 3.12. The minimum Gasteiger partial charge on any atom is -0.266 e. The van der Waals surface area contributed by atoms with Crippen LogP contribution in [0.25, 0.3) is 6.08 Å². The maximum atomic E-state index is 13.0. The fourth-order valence-electron chi connectivity index (χ4n) is 2.82. The van der Waals surface area contributed by atoms with E-state index in [9.17, 15) is 4.79 Å². The molecule has 3 heteroatoms. The number of hydrogen-bond acceptors (Lipinski definition) is 2. The van der Waals surface area contributed by atoms with E-state index in [0.29, 0.717) is 11.5 Å². The van der Waals surface area contributed by atoms with E-state index in [2.05, 4.69) is 4.99 Å². The number of nitrogens with zero attached hydrogens (tertiary/aromatic N) is 2. The van der Waals surface area contributed by atoms with Crippen molar-refractivity contribution in [2.24, 2.45) is 4.99 Å². The summed E-state index contributed by atoms with van der Waals surface area (Å²) < 4.78 is 0. The van der Waals surface area contributed by atoms with Crippen LogP contribution >= 0.6 is 0 Å². The van der Waals surface area contributed by atoms with E-state index in [1.165, 1.54) is 0 Å². The summed E-state index contributed by atoms with van der Waals surface area (Å²) in [5, 5.41) is 0. The molecule has 0 N–H and O–H groups in total. The van der Waals surface area contributed by atoms with Gasteiger partial charge in [0, 0.05) is 5.56 Å². The van der Waals surface area contributed by atoms with Crippen molar-refractivity contribution in [2.75, 3.05) is 4.90 Å². The average Bonchev–Trinajstić information content (AvgIpc) is 3.00. The lowest BCUT2D eigenvalue weighted by molar-refractivity contribution is -0.113. The van der Waals surface area contributed by atoms with Crippen molar-refractivity contribution >= 4 is 23.5 Å². The van der Waals surface area contributed by atoms with Crippen LogP contribution in [-0.4, -0.2) is 11.7 Å². The third kappa shape index (κ3) is 3.00. The number of para-hydroxylation sites is 1. The van der Waals surface area contributed by atoms with Crippen molar-refractivity contribution in [1.82, 2.24) is 0 Å². The molecule has 0 radical (unpaired) electrons. The molecule has 0 fully saturated rings. The molecular weight excluding hydrogens is 308 g/mol. The van der Waals surface area contributed by atoms with Crippen LogP contribution in [0.5, 0.6) is 0 Å². The zero-order valence-electron chi connectivity index (χ0n) is 13.5. The van der Waals surface area contributed by atoms with Gasteiger partial charge < -0.3 is 0 Å². The van der Waals surface area contributed by atoms with Gasteiger partial charge >= 0.3 is 0 Å². The van der Waals surface area contributed by atoms with E-state index >= 15 is 0 Å². The van der Waals surface area contributed by atoms with Crippen molar-refractivity contribution in [2.45, 2.75) is 0 Å². The van der Waals surface area contributed by atoms with E-state index in [4.69, 9.17) is 0 Å². The number of benzene rings is 3. The Balaban J connectivity index is 1.83. The number of amides is 1. The summed E-state index contributed by atoms with van der Waals surface area (Å²) >= 11 is 0. The number of carbonyl (C=O) groups excluding carboxylic acids is 1. The standard InChI is InChI=1S/C22H16N2O/c25-22-20(16-17-10-4-1-5-11-17)23-21(18-12-6-2-7-13-18)24(22)19-14-8-3-9-15-19/h1-16H. The summed E-state index contributed by atoms with van der Waals surface area (Å²) in [6.45, 7) is 0. The Morgan fingerprint density at radius 2 is 1.28 bits per heavy atom. The van der Waals surface area contributed by atoms with Gasteiger partial charge in [-0.1, -0.05) is 78.9 Å². The quantitative estimate of drug-likeness (QED) is 0.652. The largest absolute Gasteiger partial charge is 0.282 e. The number of carbonyl (C=O) groups is 1. The summed E-state index contributed by atoms with van der Waals surface area (Å²) in [6, 6.07) is 29.2. The molecule has 1 aliphatic heterocycles. The lowest BCUT2D eigenvalue weighted by atomic mass is 10.1. The molecule has 3 aromatic rings. The second-order valence-electron chi connectivity index (χ2n) is 5.72. The third-order valence-electron chi connectivity index (χ3n) is 4.01. The molecule has 3 nitrogen and oxygen atoms in total. The van der Waals surface area contributed by atoms with Gasteiger partial charge in [-0.3, -0.25) is 9.69 Å². The first kappa shape index (κ1) is 15.1. The molecule has 4 rings (SSSR count). The molecule has 0 spiro atoms. The molecule has 0 aromatic heterocycles. The minimum atomic E-state index is -0.117. The fourth-order valence-corrected chi connectivity index (χ4v) is 2.82. The van der Waals surface area contributed by atoms with Crippen LogP contribution in [0.2, 0.25) is 0 Å². The van der Waals surface area contributed by atoms with Gasteiger partial charge in [-0.15, -0.1) is 0 Å².